The Morgan fingerprint density at radius 1 is 1.53 bits per heavy atom. The van der Waals surface area contributed by atoms with Crippen LogP contribution in [0, 0.1) is 11.8 Å². The van der Waals surface area contributed by atoms with Gasteiger partial charge in [-0.25, -0.2) is 0 Å². The zero-order valence-electron chi connectivity index (χ0n) is 9.69. The van der Waals surface area contributed by atoms with Gasteiger partial charge in [-0.15, -0.1) is 0 Å². The van der Waals surface area contributed by atoms with Crippen molar-refractivity contribution in [2.75, 3.05) is 0 Å². The van der Waals surface area contributed by atoms with Gasteiger partial charge >= 0.3 is 0 Å². The highest BCUT2D eigenvalue weighted by atomic mass is 15.3. The molecular weight excluding hydrogens is 186 g/mol. The van der Waals surface area contributed by atoms with Gasteiger partial charge in [-0.3, -0.25) is 4.68 Å². The second-order valence-electron chi connectivity index (χ2n) is 5.08. The van der Waals surface area contributed by atoms with E-state index in [-0.39, 0.29) is 6.04 Å². The fourth-order valence-corrected chi connectivity index (χ4v) is 1.79. The van der Waals surface area contributed by atoms with Gasteiger partial charge in [0.05, 0.1) is 6.20 Å². The van der Waals surface area contributed by atoms with Gasteiger partial charge in [0.15, 0.2) is 0 Å². The minimum Gasteiger partial charge on any atom is -0.324 e. The van der Waals surface area contributed by atoms with E-state index in [2.05, 4.69) is 25.1 Å². The van der Waals surface area contributed by atoms with E-state index >= 15 is 0 Å². The van der Waals surface area contributed by atoms with E-state index in [4.69, 9.17) is 5.73 Å². The highest BCUT2D eigenvalue weighted by molar-refractivity contribution is 5.13. The van der Waals surface area contributed by atoms with Crippen molar-refractivity contribution in [3.8, 4) is 0 Å². The van der Waals surface area contributed by atoms with Crippen LogP contribution in [0.25, 0.3) is 0 Å². The van der Waals surface area contributed by atoms with E-state index in [0.717, 1.165) is 12.5 Å². The maximum Gasteiger partial charge on any atom is 0.0537 e. The SMILES string of the molecule is CC(C)CCn1cc(C(N)C2CC2)cn1. The predicted molar refractivity (Wildman–Crippen MR) is 61.3 cm³/mol. The van der Waals surface area contributed by atoms with Crippen molar-refractivity contribution in [3.05, 3.63) is 18.0 Å². The predicted octanol–water partition coefficient (Wildman–Crippen LogP) is 2.34. The summed E-state index contributed by atoms with van der Waals surface area (Å²) in [6.07, 6.45) is 7.81. The highest BCUT2D eigenvalue weighted by Gasteiger charge is 2.30. The molecule has 1 aliphatic rings. The molecule has 0 spiro atoms. The lowest BCUT2D eigenvalue weighted by atomic mass is 10.1. The smallest absolute Gasteiger partial charge is 0.0537 e. The molecule has 0 bridgehead atoms. The quantitative estimate of drug-likeness (QED) is 0.805. The number of nitrogens with zero attached hydrogens (tertiary/aromatic N) is 2. The molecule has 3 nitrogen and oxygen atoms in total. The van der Waals surface area contributed by atoms with Gasteiger partial charge in [0.25, 0.3) is 0 Å². The molecule has 1 atom stereocenters. The van der Waals surface area contributed by atoms with Gasteiger partial charge < -0.3 is 5.73 Å². The third kappa shape index (κ3) is 2.81. The lowest BCUT2D eigenvalue weighted by Crippen LogP contribution is -2.11. The summed E-state index contributed by atoms with van der Waals surface area (Å²) in [5.41, 5.74) is 7.33. The van der Waals surface area contributed by atoms with Crippen molar-refractivity contribution in [1.82, 2.24) is 9.78 Å². The Morgan fingerprint density at radius 2 is 2.27 bits per heavy atom. The molecule has 0 amide bonds. The minimum atomic E-state index is 0.220. The summed E-state index contributed by atoms with van der Waals surface area (Å²) in [6.45, 7) is 5.48. The summed E-state index contributed by atoms with van der Waals surface area (Å²) < 4.78 is 2.03. The van der Waals surface area contributed by atoms with E-state index < -0.39 is 0 Å². The van der Waals surface area contributed by atoms with Crippen molar-refractivity contribution in [1.29, 1.82) is 0 Å². The van der Waals surface area contributed by atoms with E-state index in [1.165, 1.54) is 24.8 Å². The fourth-order valence-electron chi connectivity index (χ4n) is 1.79. The molecule has 2 rings (SSSR count). The lowest BCUT2D eigenvalue weighted by molar-refractivity contribution is 0.486. The summed E-state index contributed by atoms with van der Waals surface area (Å²) in [6, 6.07) is 0.220. The van der Waals surface area contributed by atoms with Crippen LogP contribution in [-0.4, -0.2) is 9.78 Å². The molecule has 1 aromatic heterocycles. The van der Waals surface area contributed by atoms with Crippen LogP contribution in [0.3, 0.4) is 0 Å². The summed E-state index contributed by atoms with van der Waals surface area (Å²) >= 11 is 0. The van der Waals surface area contributed by atoms with Crippen LogP contribution >= 0.6 is 0 Å². The summed E-state index contributed by atoms with van der Waals surface area (Å²) in [5.74, 6) is 1.45. The van der Waals surface area contributed by atoms with Crippen molar-refractivity contribution in [2.24, 2.45) is 17.6 Å². The normalized spacial score (nSPS) is 18.4. The first-order valence-corrected chi connectivity index (χ1v) is 5.94. The molecule has 1 unspecified atom stereocenters. The number of aromatic nitrogens is 2. The zero-order chi connectivity index (χ0) is 10.8. The van der Waals surface area contributed by atoms with E-state index in [9.17, 15) is 0 Å². The molecule has 1 aliphatic carbocycles. The molecule has 0 aliphatic heterocycles. The van der Waals surface area contributed by atoms with Crippen LogP contribution in [-0.2, 0) is 6.54 Å². The van der Waals surface area contributed by atoms with Crippen LogP contribution in [0.5, 0.6) is 0 Å². The second kappa shape index (κ2) is 4.35. The maximum atomic E-state index is 6.12. The first-order chi connectivity index (χ1) is 7.16. The van der Waals surface area contributed by atoms with Crippen LogP contribution in [0.1, 0.15) is 44.7 Å². The summed E-state index contributed by atoms with van der Waals surface area (Å²) in [5, 5.41) is 4.36. The molecule has 3 heteroatoms. The highest BCUT2D eigenvalue weighted by Crippen LogP contribution is 2.39. The zero-order valence-corrected chi connectivity index (χ0v) is 9.69. The molecule has 1 heterocycles. The molecule has 2 N–H and O–H groups in total. The third-order valence-corrected chi connectivity index (χ3v) is 3.10. The minimum absolute atomic E-state index is 0.220. The Labute approximate surface area is 91.7 Å². The number of rotatable bonds is 5. The number of hydrogen-bond donors (Lipinski definition) is 1. The molecule has 0 aromatic carbocycles. The monoisotopic (exact) mass is 207 g/mol. The molecule has 1 fully saturated rings. The fraction of sp³-hybridized carbons (Fsp3) is 0.750. The van der Waals surface area contributed by atoms with Gasteiger partial charge in [-0.05, 0) is 31.1 Å². The maximum absolute atomic E-state index is 6.12. The van der Waals surface area contributed by atoms with Gasteiger partial charge in [-0.1, -0.05) is 13.8 Å². The number of aryl methyl sites for hydroxylation is 1. The van der Waals surface area contributed by atoms with Gasteiger partial charge in [0.1, 0.15) is 0 Å². The van der Waals surface area contributed by atoms with Gasteiger partial charge in [0, 0.05) is 24.3 Å². The van der Waals surface area contributed by atoms with Crippen LogP contribution in [0.2, 0.25) is 0 Å². The second-order valence-corrected chi connectivity index (χ2v) is 5.08. The van der Waals surface area contributed by atoms with Crippen LogP contribution in [0.15, 0.2) is 12.4 Å². The molecule has 0 radical (unpaired) electrons. The van der Waals surface area contributed by atoms with Gasteiger partial charge in [-0.2, -0.15) is 5.10 Å². The van der Waals surface area contributed by atoms with Crippen LogP contribution in [0.4, 0.5) is 0 Å². The van der Waals surface area contributed by atoms with Crippen molar-refractivity contribution in [3.63, 3.8) is 0 Å². The van der Waals surface area contributed by atoms with Gasteiger partial charge in [0.2, 0.25) is 0 Å². The lowest BCUT2D eigenvalue weighted by Gasteiger charge is -2.06. The Balaban J connectivity index is 1.91. The standard InChI is InChI=1S/C12H21N3/c1-9(2)5-6-15-8-11(7-14-15)12(13)10-3-4-10/h7-10,12H,3-6,13H2,1-2H3. The Morgan fingerprint density at radius 3 is 2.87 bits per heavy atom. The van der Waals surface area contributed by atoms with Crippen molar-refractivity contribution in [2.45, 2.75) is 45.7 Å². The Bertz CT molecular complexity index is 312. The molecule has 84 valence electrons. The largest absolute Gasteiger partial charge is 0.324 e. The Kier molecular flexibility index (Phi) is 3.10. The van der Waals surface area contributed by atoms with Crippen molar-refractivity contribution >= 4 is 0 Å². The first-order valence-electron chi connectivity index (χ1n) is 5.94. The number of nitrogens with two attached hydrogens (primary N) is 1. The van der Waals surface area contributed by atoms with E-state index in [1.807, 2.05) is 10.9 Å². The Hall–Kier alpha value is -0.830. The third-order valence-electron chi connectivity index (χ3n) is 3.10. The average Bonchev–Trinajstić information content (AvgIpc) is 2.93. The molecule has 15 heavy (non-hydrogen) atoms. The summed E-state index contributed by atoms with van der Waals surface area (Å²) in [4.78, 5) is 0. The van der Waals surface area contributed by atoms with E-state index in [1.54, 1.807) is 0 Å². The molecule has 0 saturated heterocycles. The summed E-state index contributed by atoms with van der Waals surface area (Å²) in [7, 11) is 0. The van der Waals surface area contributed by atoms with E-state index in [0.29, 0.717) is 5.92 Å². The number of hydrogen-bond acceptors (Lipinski definition) is 2. The molecule has 1 aromatic rings. The average molecular weight is 207 g/mol. The first kappa shape index (κ1) is 10.7. The molecular formula is C12H21N3. The topological polar surface area (TPSA) is 43.8 Å². The van der Waals surface area contributed by atoms with Crippen molar-refractivity contribution < 1.29 is 0 Å². The van der Waals surface area contributed by atoms with Crippen LogP contribution < -0.4 is 5.73 Å². The molecule has 1 saturated carbocycles.